The van der Waals surface area contributed by atoms with E-state index in [1.54, 1.807) is 0 Å². The second-order valence-corrected chi connectivity index (χ2v) is 3.66. The fourth-order valence-corrected chi connectivity index (χ4v) is 0. The molecule has 0 saturated carbocycles. The summed E-state index contributed by atoms with van der Waals surface area (Å²) in [6, 6.07) is 0. The lowest BCUT2D eigenvalue weighted by molar-refractivity contribution is 1.10. The van der Waals surface area contributed by atoms with Gasteiger partial charge in [0.1, 0.15) is 0 Å². The Morgan fingerprint density at radius 1 is 1.50 bits per heavy atom. The first kappa shape index (κ1) is 6.15. The summed E-state index contributed by atoms with van der Waals surface area (Å²) in [7, 11) is -0.117. The van der Waals surface area contributed by atoms with Gasteiger partial charge < -0.3 is 0 Å². The van der Waals surface area contributed by atoms with Gasteiger partial charge in [-0.1, -0.05) is 13.8 Å². The highest BCUT2D eigenvalue weighted by atomic mass is 32.2. The van der Waals surface area contributed by atoms with Gasteiger partial charge in [0.25, 0.3) is 0 Å². The maximum Gasteiger partial charge on any atom is 0.00931 e. The maximum atomic E-state index is 7.06. The zero-order valence-corrected chi connectivity index (χ0v) is 5.30. The molecular weight excluding hydrogens is 94.1 g/mol. The molecule has 2 heteroatoms. The van der Waals surface area contributed by atoms with Gasteiger partial charge in [0.05, 0.1) is 0 Å². The first-order valence-electron chi connectivity index (χ1n) is 2.00. The third kappa shape index (κ3) is 2.39. The molecule has 1 nitrogen and oxygen atoms in total. The molecule has 0 saturated heterocycles. The Labute approximate surface area is 41.7 Å². The lowest BCUT2D eigenvalue weighted by Crippen LogP contribution is -1.99. The minimum atomic E-state index is -0.117. The van der Waals surface area contributed by atoms with Crippen LogP contribution in [0.15, 0.2) is 0 Å². The van der Waals surface area contributed by atoms with Gasteiger partial charge >= 0.3 is 0 Å². The zero-order valence-electron chi connectivity index (χ0n) is 4.49. The van der Waals surface area contributed by atoms with Crippen LogP contribution in [-0.2, 0) is 10.7 Å². The van der Waals surface area contributed by atoms with Crippen molar-refractivity contribution in [2.45, 2.75) is 19.1 Å². The predicted molar refractivity (Wildman–Crippen MR) is 31.1 cm³/mol. The molecule has 0 aromatic carbocycles. The van der Waals surface area contributed by atoms with Gasteiger partial charge in [0.15, 0.2) is 0 Å². The fraction of sp³-hybridized carbons (Fsp3) is 1.00. The largest absolute Gasteiger partial charge is 0.280 e. The Kier molecular flexibility index (Phi) is 2.40. The van der Waals surface area contributed by atoms with Crippen LogP contribution in [-0.4, -0.2) is 11.5 Å². The maximum absolute atomic E-state index is 7.06. The van der Waals surface area contributed by atoms with Gasteiger partial charge in [0, 0.05) is 5.25 Å². The van der Waals surface area contributed by atoms with Crippen molar-refractivity contribution in [3.05, 3.63) is 0 Å². The van der Waals surface area contributed by atoms with Crippen LogP contribution in [0.1, 0.15) is 13.8 Å². The third-order valence-corrected chi connectivity index (χ3v) is 2.12. The Morgan fingerprint density at radius 2 is 1.67 bits per heavy atom. The fourth-order valence-electron chi connectivity index (χ4n) is 0. The van der Waals surface area contributed by atoms with Crippen molar-refractivity contribution in [3.8, 4) is 0 Å². The molecule has 0 amide bonds. The van der Waals surface area contributed by atoms with Gasteiger partial charge in [-0.15, -0.1) is 10.7 Å². The number of hydrogen-bond donors (Lipinski definition) is 1. The molecule has 0 aliphatic heterocycles. The molecule has 0 bridgehead atoms. The van der Waals surface area contributed by atoms with Gasteiger partial charge in [-0.3, -0.25) is 4.78 Å². The molecule has 0 aromatic heterocycles. The van der Waals surface area contributed by atoms with Gasteiger partial charge in [-0.05, 0) is 6.26 Å². The average molecular weight is 105 g/mol. The molecule has 38 valence electrons. The molecule has 0 fully saturated rings. The minimum Gasteiger partial charge on any atom is -0.280 e. The summed E-state index contributed by atoms with van der Waals surface area (Å²) in [5.41, 5.74) is 0. The normalized spacial score (nSPS) is 15.3. The standard InChI is InChI=1S/C4H11NS/c1-4(2)6(3)5/h4-5H,1-3H3. The van der Waals surface area contributed by atoms with Crippen molar-refractivity contribution in [2.75, 3.05) is 6.26 Å². The lowest BCUT2D eigenvalue weighted by atomic mass is 10.6. The van der Waals surface area contributed by atoms with Crippen molar-refractivity contribution in [3.63, 3.8) is 0 Å². The van der Waals surface area contributed by atoms with Crippen molar-refractivity contribution in [2.24, 2.45) is 0 Å². The highest BCUT2D eigenvalue weighted by Crippen LogP contribution is 1.87. The second-order valence-electron chi connectivity index (χ2n) is 1.61. The van der Waals surface area contributed by atoms with Crippen LogP contribution in [0.3, 0.4) is 0 Å². The third-order valence-electron chi connectivity index (χ3n) is 0.707. The molecule has 0 radical (unpaired) electrons. The van der Waals surface area contributed by atoms with E-state index in [0.717, 1.165) is 0 Å². The van der Waals surface area contributed by atoms with E-state index in [2.05, 4.69) is 13.8 Å². The van der Waals surface area contributed by atoms with Crippen molar-refractivity contribution >= 4 is 10.7 Å². The van der Waals surface area contributed by atoms with E-state index in [9.17, 15) is 0 Å². The number of nitrogens with one attached hydrogen (secondary N) is 1. The molecule has 1 N–H and O–H groups in total. The van der Waals surface area contributed by atoms with Gasteiger partial charge in [-0.2, -0.15) is 0 Å². The summed E-state index contributed by atoms with van der Waals surface area (Å²) >= 11 is 0. The average Bonchev–Trinajstić information content (AvgIpc) is 1.36. The lowest BCUT2D eigenvalue weighted by Gasteiger charge is -1.97. The van der Waals surface area contributed by atoms with Crippen LogP contribution in [0, 0.1) is 4.78 Å². The minimum absolute atomic E-state index is 0.117. The zero-order chi connectivity index (χ0) is 5.15. The Balaban J connectivity index is 3.26. The quantitative estimate of drug-likeness (QED) is 0.521. The molecule has 0 heterocycles. The van der Waals surface area contributed by atoms with Crippen LogP contribution < -0.4 is 0 Å². The van der Waals surface area contributed by atoms with E-state index in [4.69, 9.17) is 4.78 Å². The van der Waals surface area contributed by atoms with Crippen LogP contribution in [0.2, 0.25) is 0 Å². The molecule has 0 spiro atoms. The van der Waals surface area contributed by atoms with Crippen LogP contribution in [0.5, 0.6) is 0 Å². The van der Waals surface area contributed by atoms with E-state index < -0.39 is 0 Å². The van der Waals surface area contributed by atoms with Crippen LogP contribution in [0.4, 0.5) is 0 Å². The smallest absolute Gasteiger partial charge is 0.00931 e. The summed E-state index contributed by atoms with van der Waals surface area (Å²) < 4.78 is 7.06. The predicted octanol–water partition coefficient (Wildman–Crippen LogP) is 1.41. The number of hydrogen-bond acceptors (Lipinski definition) is 1. The summed E-state index contributed by atoms with van der Waals surface area (Å²) in [5.74, 6) is 0. The summed E-state index contributed by atoms with van der Waals surface area (Å²) in [5, 5.41) is 0.546. The van der Waals surface area contributed by atoms with E-state index in [-0.39, 0.29) is 10.7 Å². The molecule has 0 aliphatic carbocycles. The Bertz CT molecular complexity index is 58.6. The van der Waals surface area contributed by atoms with E-state index >= 15 is 0 Å². The molecule has 1 unspecified atom stereocenters. The van der Waals surface area contributed by atoms with E-state index in [0.29, 0.717) is 5.25 Å². The molecular formula is C4H11NS. The second kappa shape index (κ2) is 2.35. The highest BCUT2D eigenvalue weighted by molar-refractivity contribution is 7.85. The first-order chi connectivity index (χ1) is 2.64. The topological polar surface area (TPSA) is 23.9 Å². The Morgan fingerprint density at radius 3 is 1.67 bits per heavy atom. The molecule has 0 aromatic rings. The van der Waals surface area contributed by atoms with Crippen LogP contribution >= 0.6 is 0 Å². The summed E-state index contributed by atoms with van der Waals surface area (Å²) in [4.78, 5) is 0. The van der Waals surface area contributed by atoms with Crippen molar-refractivity contribution in [1.29, 1.82) is 4.78 Å². The monoisotopic (exact) mass is 105 g/mol. The molecule has 0 aliphatic rings. The summed E-state index contributed by atoms with van der Waals surface area (Å²) in [6.45, 7) is 4.13. The van der Waals surface area contributed by atoms with E-state index in [1.807, 2.05) is 6.26 Å². The van der Waals surface area contributed by atoms with Gasteiger partial charge in [-0.25, -0.2) is 0 Å². The number of rotatable bonds is 1. The first-order valence-corrected chi connectivity index (χ1v) is 3.70. The molecule has 6 heavy (non-hydrogen) atoms. The molecule has 0 rings (SSSR count). The van der Waals surface area contributed by atoms with Gasteiger partial charge in [0.2, 0.25) is 0 Å². The highest BCUT2D eigenvalue weighted by Gasteiger charge is 1.87. The SMILES string of the molecule is CC(C)S(C)=N. The van der Waals surface area contributed by atoms with Crippen LogP contribution in [0.25, 0.3) is 0 Å². The van der Waals surface area contributed by atoms with E-state index in [1.165, 1.54) is 0 Å². The van der Waals surface area contributed by atoms with Crippen molar-refractivity contribution < 1.29 is 0 Å². The summed E-state index contributed by atoms with van der Waals surface area (Å²) in [6.07, 6.45) is 1.94. The van der Waals surface area contributed by atoms with Crippen molar-refractivity contribution in [1.82, 2.24) is 0 Å². The Hall–Kier alpha value is 0.150. The molecule has 1 atom stereocenters.